The number of nitrogens with two attached hydrogens (primary N) is 1. The summed E-state index contributed by atoms with van der Waals surface area (Å²) in [6.07, 6.45) is 3.61. The zero-order chi connectivity index (χ0) is 28.4. The van der Waals surface area contributed by atoms with Gasteiger partial charge in [-0.25, -0.2) is 8.78 Å². The van der Waals surface area contributed by atoms with E-state index in [1.807, 2.05) is 27.7 Å². The standard InChI is InChI=1S/C18H21FO2.C11H15FN2O2/c1-6-12(4)17(11(2)3)15-9-13(5)18(19)14(10-15)7-8-16(20)21;1-7(2)6-9(10(13)15)14-5-3-4-8(12)11(14)16/h6,9-10H,1-2,7-8H2,3-5H3,(H,20,21);3-5,7,9H,6H2,1-2H3,(H2,13,15)/b17-12+;. The van der Waals surface area contributed by atoms with Crippen LogP contribution in [0.5, 0.6) is 0 Å². The van der Waals surface area contributed by atoms with Crippen LogP contribution in [0.3, 0.4) is 0 Å². The van der Waals surface area contributed by atoms with Crippen LogP contribution in [0, 0.1) is 24.5 Å². The number of carboxylic acids is 1. The lowest BCUT2D eigenvalue weighted by Gasteiger charge is -2.18. The first-order chi connectivity index (χ1) is 17.2. The molecule has 0 saturated heterocycles. The summed E-state index contributed by atoms with van der Waals surface area (Å²) in [5.41, 5.74) is 8.91. The summed E-state index contributed by atoms with van der Waals surface area (Å²) in [6.45, 7) is 17.0. The first-order valence-corrected chi connectivity index (χ1v) is 11.9. The number of halogens is 2. The Morgan fingerprint density at radius 2 is 1.84 bits per heavy atom. The molecule has 0 bridgehead atoms. The Labute approximate surface area is 216 Å². The Morgan fingerprint density at radius 1 is 1.22 bits per heavy atom. The molecular weight excluding hydrogens is 478 g/mol. The number of hydrogen-bond donors (Lipinski definition) is 2. The quantitative estimate of drug-likeness (QED) is 0.394. The minimum atomic E-state index is -0.935. The molecule has 0 fully saturated rings. The highest BCUT2D eigenvalue weighted by molar-refractivity contribution is 5.82. The molecule has 1 aromatic heterocycles. The van der Waals surface area contributed by atoms with E-state index in [0.29, 0.717) is 17.5 Å². The third-order valence-electron chi connectivity index (χ3n) is 5.64. The van der Waals surface area contributed by atoms with E-state index >= 15 is 0 Å². The number of benzene rings is 1. The number of aromatic nitrogens is 1. The van der Waals surface area contributed by atoms with Crippen molar-refractivity contribution in [2.24, 2.45) is 11.7 Å². The third-order valence-corrected chi connectivity index (χ3v) is 5.64. The van der Waals surface area contributed by atoms with Crippen molar-refractivity contribution < 1.29 is 23.5 Å². The van der Waals surface area contributed by atoms with Crippen molar-refractivity contribution in [3.05, 3.63) is 99.5 Å². The van der Waals surface area contributed by atoms with Gasteiger partial charge in [0.05, 0.1) is 0 Å². The molecule has 1 heterocycles. The van der Waals surface area contributed by atoms with Gasteiger partial charge in [-0.1, -0.05) is 38.7 Å². The van der Waals surface area contributed by atoms with E-state index in [1.54, 1.807) is 25.1 Å². The Kier molecular flexibility index (Phi) is 11.9. The number of rotatable bonds is 10. The van der Waals surface area contributed by atoms with E-state index < -0.39 is 29.3 Å². The Morgan fingerprint density at radius 3 is 2.32 bits per heavy atom. The highest BCUT2D eigenvalue weighted by Crippen LogP contribution is 2.29. The second-order valence-electron chi connectivity index (χ2n) is 9.32. The van der Waals surface area contributed by atoms with Crippen LogP contribution in [-0.4, -0.2) is 21.6 Å². The average molecular weight is 515 g/mol. The van der Waals surface area contributed by atoms with Gasteiger partial charge in [0.15, 0.2) is 5.82 Å². The van der Waals surface area contributed by atoms with Crippen LogP contribution < -0.4 is 11.3 Å². The second-order valence-corrected chi connectivity index (χ2v) is 9.32. The molecule has 1 atom stereocenters. The largest absolute Gasteiger partial charge is 0.481 e. The maximum atomic E-state index is 14.1. The number of carbonyl (C=O) groups is 2. The Bertz CT molecular complexity index is 1260. The summed E-state index contributed by atoms with van der Waals surface area (Å²) >= 11 is 0. The molecule has 0 radical (unpaired) electrons. The zero-order valence-electron chi connectivity index (χ0n) is 22.1. The predicted molar refractivity (Wildman–Crippen MR) is 143 cm³/mol. The van der Waals surface area contributed by atoms with E-state index in [-0.39, 0.29) is 24.6 Å². The minimum absolute atomic E-state index is 0.0909. The van der Waals surface area contributed by atoms with Crippen LogP contribution in [0.25, 0.3) is 5.57 Å². The lowest BCUT2D eigenvalue weighted by atomic mass is 9.91. The number of hydrogen-bond acceptors (Lipinski definition) is 3. The molecule has 2 aromatic rings. The number of carboxylic acid groups (broad SMARTS) is 1. The molecule has 6 nitrogen and oxygen atoms in total. The molecular formula is C29H36F2N2O4. The number of amides is 1. The molecule has 0 aliphatic heterocycles. The number of pyridine rings is 1. The number of aliphatic carboxylic acids is 1. The summed E-state index contributed by atoms with van der Waals surface area (Å²) in [5, 5.41) is 8.77. The molecule has 1 unspecified atom stereocenters. The van der Waals surface area contributed by atoms with E-state index in [1.165, 1.54) is 12.3 Å². The van der Waals surface area contributed by atoms with Crippen LogP contribution in [0.4, 0.5) is 8.78 Å². The van der Waals surface area contributed by atoms with Crippen LogP contribution in [0.2, 0.25) is 0 Å². The maximum absolute atomic E-state index is 14.1. The van der Waals surface area contributed by atoms with Crippen LogP contribution >= 0.6 is 0 Å². The monoisotopic (exact) mass is 514 g/mol. The van der Waals surface area contributed by atoms with Gasteiger partial charge in [0.25, 0.3) is 5.56 Å². The van der Waals surface area contributed by atoms with E-state index in [2.05, 4.69) is 13.2 Å². The van der Waals surface area contributed by atoms with E-state index in [4.69, 9.17) is 10.8 Å². The number of carbonyl (C=O) groups excluding carboxylic acids is 1. The highest BCUT2D eigenvalue weighted by Gasteiger charge is 2.20. The van der Waals surface area contributed by atoms with Gasteiger partial charge in [0, 0.05) is 12.6 Å². The lowest BCUT2D eigenvalue weighted by molar-refractivity contribution is -0.137. The van der Waals surface area contributed by atoms with Crippen LogP contribution in [0.1, 0.15) is 63.3 Å². The van der Waals surface area contributed by atoms with Crippen molar-refractivity contribution in [1.82, 2.24) is 4.57 Å². The molecule has 200 valence electrons. The normalized spacial score (nSPS) is 12.2. The second kappa shape index (κ2) is 14.1. The molecule has 0 saturated carbocycles. The first-order valence-electron chi connectivity index (χ1n) is 11.9. The average Bonchev–Trinajstić information content (AvgIpc) is 2.80. The third kappa shape index (κ3) is 8.97. The zero-order valence-corrected chi connectivity index (χ0v) is 22.1. The fourth-order valence-electron chi connectivity index (χ4n) is 3.86. The minimum Gasteiger partial charge on any atom is -0.481 e. The highest BCUT2D eigenvalue weighted by atomic mass is 19.1. The van der Waals surface area contributed by atoms with Gasteiger partial charge in [0.1, 0.15) is 11.9 Å². The lowest BCUT2D eigenvalue weighted by Crippen LogP contribution is -2.35. The number of allylic oxidation sites excluding steroid dienone is 4. The van der Waals surface area contributed by atoms with Gasteiger partial charge < -0.3 is 15.4 Å². The number of aryl methyl sites for hydroxylation is 2. The summed E-state index contributed by atoms with van der Waals surface area (Å²) in [7, 11) is 0. The molecule has 0 spiro atoms. The molecule has 2 rings (SSSR count). The summed E-state index contributed by atoms with van der Waals surface area (Å²) < 4.78 is 28.2. The smallest absolute Gasteiger partial charge is 0.303 e. The molecule has 0 aliphatic rings. The Balaban J connectivity index is 0.000000384. The fourth-order valence-corrected chi connectivity index (χ4v) is 3.86. The van der Waals surface area contributed by atoms with Crippen molar-refractivity contribution in [2.45, 2.75) is 59.9 Å². The SMILES string of the molecule is C=C/C(C)=C(\C(=C)C)c1cc(C)c(F)c(CCC(=O)O)c1.CC(C)CC(C(N)=O)n1cccc(F)c1=O. The van der Waals surface area contributed by atoms with Gasteiger partial charge >= 0.3 is 5.97 Å². The van der Waals surface area contributed by atoms with Gasteiger partial charge in [-0.3, -0.25) is 14.4 Å². The van der Waals surface area contributed by atoms with Crippen molar-refractivity contribution >= 4 is 17.4 Å². The summed E-state index contributed by atoms with van der Waals surface area (Å²) in [6, 6.07) is 5.13. The summed E-state index contributed by atoms with van der Waals surface area (Å²) in [5.74, 6) is -2.58. The van der Waals surface area contributed by atoms with Crippen LogP contribution in [-0.2, 0) is 16.0 Å². The van der Waals surface area contributed by atoms with Crippen molar-refractivity contribution in [3.63, 3.8) is 0 Å². The first kappa shape index (κ1) is 31.2. The molecule has 8 heteroatoms. The summed E-state index contributed by atoms with van der Waals surface area (Å²) in [4.78, 5) is 33.4. The Hall–Kier alpha value is -3.81. The number of nitrogens with zero attached hydrogens (tertiary/aromatic N) is 1. The topological polar surface area (TPSA) is 102 Å². The van der Waals surface area contributed by atoms with Gasteiger partial charge in [-0.2, -0.15) is 0 Å². The van der Waals surface area contributed by atoms with Crippen molar-refractivity contribution in [3.8, 4) is 0 Å². The molecule has 1 amide bonds. The number of primary amides is 1. The van der Waals surface area contributed by atoms with Crippen molar-refractivity contribution in [2.75, 3.05) is 0 Å². The van der Waals surface area contributed by atoms with Crippen LogP contribution in [0.15, 0.2) is 65.6 Å². The fraction of sp³-hybridized carbons (Fsp3) is 0.345. The van der Waals surface area contributed by atoms with Gasteiger partial charge in [0.2, 0.25) is 5.91 Å². The van der Waals surface area contributed by atoms with Gasteiger partial charge in [-0.05, 0) is 91.6 Å². The molecule has 0 aliphatic carbocycles. The molecule has 37 heavy (non-hydrogen) atoms. The maximum Gasteiger partial charge on any atom is 0.303 e. The van der Waals surface area contributed by atoms with E-state index in [0.717, 1.165) is 32.9 Å². The molecule has 3 N–H and O–H groups in total. The predicted octanol–water partition coefficient (Wildman–Crippen LogP) is 5.75. The van der Waals surface area contributed by atoms with Gasteiger partial charge in [-0.15, -0.1) is 0 Å². The van der Waals surface area contributed by atoms with Crippen molar-refractivity contribution in [1.29, 1.82) is 0 Å². The van der Waals surface area contributed by atoms with E-state index in [9.17, 15) is 23.2 Å². The molecule has 1 aromatic carbocycles.